The molecule has 2 aliphatic rings. The normalized spacial score (nSPS) is 19.6. The molecule has 0 aromatic heterocycles. The first kappa shape index (κ1) is 39.5. The van der Waals surface area contributed by atoms with E-state index in [1.807, 2.05) is 0 Å². The Hall–Kier alpha value is -6.59. The first-order chi connectivity index (χ1) is 30.6. The van der Waals surface area contributed by atoms with E-state index in [-0.39, 0.29) is 5.92 Å². The van der Waals surface area contributed by atoms with Crippen molar-refractivity contribution < 1.29 is 0 Å². The summed E-state index contributed by atoms with van der Waals surface area (Å²) >= 11 is 0. The van der Waals surface area contributed by atoms with Gasteiger partial charge in [0, 0.05) is 5.92 Å². The van der Waals surface area contributed by atoms with Gasteiger partial charge in [0.1, 0.15) is 8.07 Å². The largest absolute Gasteiger partial charge is 0.118 e. The van der Waals surface area contributed by atoms with Crippen LogP contribution in [0.3, 0.4) is 0 Å². The van der Waals surface area contributed by atoms with E-state index in [2.05, 4.69) is 256 Å². The first-order valence-electron chi connectivity index (χ1n) is 22.2. The molecule has 0 saturated heterocycles. The quantitative estimate of drug-likeness (QED) is 0.114. The average Bonchev–Trinajstić information content (AvgIpc) is 3.79. The second-order valence-corrected chi connectivity index (χ2v) is 26.1. The molecule has 0 spiro atoms. The summed E-state index contributed by atoms with van der Waals surface area (Å²) in [6.45, 7) is 5.49. The summed E-state index contributed by atoms with van der Waals surface area (Å²) in [4.78, 5) is 0. The molecule has 2 heteroatoms. The zero-order valence-electron chi connectivity index (χ0n) is 35.7. The molecule has 0 amide bonds. The fourth-order valence-electron chi connectivity index (χ4n) is 11.3. The summed E-state index contributed by atoms with van der Waals surface area (Å²) in [5, 5.41) is 4.73. The van der Waals surface area contributed by atoms with Gasteiger partial charge in [-0.1, -0.05) is 268 Å². The van der Waals surface area contributed by atoms with Gasteiger partial charge in [0.15, 0.2) is 0 Å². The first-order valence-corrected chi connectivity index (χ1v) is 27.7. The molecular formula is C60H52Si2. The van der Waals surface area contributed by atoms with Crippen LogP contribution in [-0.4, -0.2) is 16.1 Å². The molecule has 0 aliphatic carbocycles. The molecule has 3 atom stereocenters. The Morgan fingerprint density at radius 1 is 0.306 bits per heavy atom. The van der Waals surface area contributed by atoms with E-state index >= 15 is 0 Å². The smallest absolute Gasteiger partial charge is 0.0647 e. The van der Waals surface area contributed by atoms with E-state index in [0.717, 1.165) is 12.1 Å². The zero-order chi connectivity index (χ0) is 41.9. The Morgan fingerprint density at radius 2 is 0.613 bits per heavy atom. The van der Waals surface area contributed by atoms with Gasteiger partial charge in [-0.15, -0.1) is 0 Å². The number of benzene rings is 8. The van der Waals surface area contributed by atoms with Crippen LogP contribution < -0.4 is 0 Å². The minimum atomic E-state index is -2.63. The zero-order valence-corrected chi connectivity index (χ0v) is 37.7. The van der Waals surface area contributed by atoms with E-state index in [9.17, 15) is 0 Å². The third-order valence-electron chi connectivity index (χ3n) is 13.9. The van der Waals surface area contributed by atoms with Gasteiger partial charge in [-0.05, 0) is 82.4 Å². The summed E-state index contributed by atoms with van der Waals surface area (Å²) < 4.78 is 0. The topological polar surface area (TPSA) is 0 Å². The van der Waals surface area contributed by atoms with Gasteiger partial charge in [0.2, 0.25) is 0 Å². The fraction of sp³-hybridized carbons (Fsp3) is 0.100. The van der Waals surface area contributed by atoms with E-state index in [1.165, 1.54) is 61.2 Å². The summed E-state index contributed by atoms with van der Waals surface area (Å²) in [6, 6.07) is 93.6. The van der Waals surface area contributed by atoms with Crippen molar-refractivity contribution in [3.05, 3.63) is 287 Å². The third kappa shape index (κ3) is 7.04. The highest BCUT2D eigenvalue weighted by molar-refractivity contribution is 7.15. The van der Waals surface area contributed by atoms with Crippen molar-refractivity contribution in [2.45, 2.75) is 36.6 Å². The molecule has 0 radical (unpaired) electrons. The van der Waals surface area contributed by atoms with Crippen LogP contribution in [0, 0.1) is 0 Å². The van der Waals surface area contributed by atoms with Crippen LogP contribution in [0.1, 0.15) is 56.0 Å². The van der Waals surface area contributed by atoms with Crippen LogP contribution >= 0.6 is 0 Å². The lowest BCUT2D eigenvalue weighted by Gasteiger charge is -2.40. The van der Waals surface area contributed by atoms with Crippen molar-refractivity contribution in [3.63, 3.8) is 0 Å². The Kier molecular flexibility index (Phi) is 10.9. The van der Waals surface area contributed by atoms with Crippen molar-refractivity contribution in [2.24, 2.45) is 0 Å². The molecule has 0 bridgehead atoms. The van der Waals surface area contributed by atoms with Crippen LogP contribution in [-0.2, 0) is 0 Å². The SMILES string of the molecule is C[Si]1(CC[Si]2(C)C(c3ccccc3)=C(c3ccccc3)C(c3ccccc3)C2c2ccccc2)C(c2ccccc2)=C(c2ccccc2)C(c2ccccc2)=C1c1ccccc1. The second kappa shape index (κ2) is 17.1. The number of allylic oxidation sites excluding steroid dienone is 3. The van der Waals surface area contributed by atoms with Crippen LogP contribution in [0.4, 0.5) is 0 Å². The standard InChI is InChI=1S/C60H52Si2/c1-61(57(49-35-19-7-20-36-49)53(45-27-11-3-12-28-45)54(46-29-13-4-14-30-46)58(61)50-37-21-8-22-38-50)43-44-62(2)59(51-39-23-9-24-40-51)55(47-31-15-5-16-32-47)56(48-33-17-6-18-34-48)60(62)52-41-25-10-26-42-52/h3-42,53,57H,43-44H2,1-2H3. The Morgan fingerprint density at radius 3 is 1.00 bits per heavy atom. The molecule has 0 nitrogen and oxygen atoms in total. The van der Waals surface area contributed by atoms with Gasteiger partial charge < -0.3 is 0 Å². The van der Waals surface area contributed by atoms with E-state index in [4.69, 9.17) is 0 Å². The maximum Gasteiger partial charge on any atom is 0.118 e. The van der Waals surface area contributed by atoms with Crippen molar-refractivity contribution in [1.29, 1.82) is 0 Å². The predicted octanol–water partition coefficient (Wildman–Crippen LogP) is 15.7. The predicted molar refractivity (Wildman–Crippen MR) is 270 cm³/mol. The van der Waals surface area contributed by atoms with Crippen molar-refractivity contribution in [1.82, 2.24) is 0 Å². The maximum atomic E-state index is 2.76. The van der Waals surface area contributed by atoms with Gasteiger partial charge >= 0.3 is 0 Å². The lowest BCUT2D eigenvalue weighted by Crippen LogP contribution is -2.42. The molecule has 10 rings (SSSR count). The number of rotatable bonds is 11. The van der Waals surface area contributed by atoms with Gasteiger partial charge in [-0.2, -0.15) is 0 Å². The maximum absolute atomic E-state index is 2.76. The molecule has 0 saturated carbocycles. The fourth-order valence-corrected chi connectivity index (χ4v) is 24.0. The lowest BCUT2D eigenvalue weighted by molar-refractivity contribution is 0.805. The van der Waals surface area contributed by atoms with Crippen LogP contribution in [0.5, 0.6) is 0 Å². The Balaban J connectivity index is 1.27. The number of hydrogen-bond donors (Lipinski definition) is 0. The molecule has 62 heavy (non-hydrogen) atoms. The highest BCUT2D eigenvalue weighted by Crippen LogP contribution is 2.64. The van der Waals surface area contributed by atoms with E-state index < -0.39 is 16.1 Å². The summed E-state index contributed by atoms with van der Waals surface area (Å²) in [7, 11) is -5.15. The van der Waals surface area contributed by atoms with E-state index in [1.54, 1.807) is 15.6 Å². The molecule has 0 N–H and O–H groups in total. The lowest BCUT2D eigenvalue weighted by atomic mass is 9.81. The summed E-state index contributed by atoms with van der Waals surface area (Å²) in [5.74, 6) is 0.207. The minimum absolute atomic E-state index is 0.207. The molecule has 300 valence electrons. The Labute approximate surface area is 370 Å². The van der Waals surface area contributed by atoms with Crippen molar-refractivity contribution >= 4 is 48.5 Å². The Bertz CT molecular complexity index is 2770. The van der Waals surface area contributed by atoms with Crippen molar-refractivity contribution in [3.8, 4) is 0 Å². The van der Waals surface area contributed by atoms with Gasteiger partial charge in [-0.25, -0.2) is 0 Å². The monoisotopic (exact) mass is 828 g/mol. The highest BCUT2D eigenvalue weighted by Gasteiger charge is 2.56. The second-order valence-electron chi connectivity index (χ2n) is 17.5. The molecule has 8 aromatic carbocycles. The highest BCUT2D eigenvalue weighted by atomic mass is 28.3. The van der Waals surface area contributed by atoms with Crippen LogP contribution in [0.2, 0.25) is 25.2 Å². The minimum Gasteiger partial charge on any atom is -0.0647 e. The number of hydrogen-bond acceptors (Lipinski definition) is 0. The van der Waals surface area contributed by atoms with Gasteiger partial charge in [-0.3, -0.25) is 0 Å². The molecule has 0 fully saturated rings. The third-order valence-corrected chi connectivity index (χ3v) is 23.9. The molecular weight excluding hydrogens is 777 g/mol. The summed E-state index contributed by atoms with van der Waals surface area (Å²) in [5.41, 5.74) is 15.5. The average molecular weight is 829 g/mol. The van der Waals surface area contributed by atoms with E-state index in [0.29, 0.717) is 5.54 Å². The van der Waals surface area contributed by atoms with Gasteiger partial charge in [0.25, 0.3) is 0 Å². The molecule has 2 heterocycles. The van der Waals surface area contributed by atoms with Crippen LogP contribution in [0.15, 0.2) is 243 Å². The molecule has 8 aromatic rings. The molecule has 3 unspecified atom stereocenters. The van der Waals surface area contributed by atoms with Gasteiger partial charge in [0.05, 0.1) is 8.07 Å². The molecule has 2 aliphatic heterocycles. The summed E-state index contributed by atoms with van der Waals surface area (Å²) in [6.07, 6.45) is 0. The van der Waals surface area contributed by atoms with Crippen LogP contribution in [0.25, 0.3) is 32.3 Å². The van der Waals surface area contributed by atoms with Crippen molar-refractivity contribution in [2.75, 3.05) is 0 Å².